The summed E-state index contributed by atoms with van der Waals surface area (Å²) in [6, 6.07) is -0.710. The third-order valence-electron chi connectivity index (χ3n) is 13.6. The summed E-state index contributed by atoms with van der Waals surface area (Å²) in [7, 11) is 0. The van der Waals surface area contributed by atoms with Crippen LogP contribution in [0.1, 0.15) is 310 Å². The molecule has 0 aliphatic carbocycles. The Morgan fingerprint density at radius 2 is 0.750 bits per heavy atom. The number of allylic oxidation sites excluding steroid dienone is 8. The van der Waals surface area contributed by atoms with Crippen LogP contribution in [0, 0.1) is 0 Å². The summed E-state index contributed by atoms with van der Waals surface area (Å²) in [5, 5.41) is 23.9. The van der Waals surface area contributed by atoms with Crippen LogP contribution in [0.3, 0.4) is 0 Å². The second-order valence-electron chi connectivity index (χ2n) is 20.4. The fourth-order valence-electron chi connectivity index (χ4n) is 9.08. The van der Waals surface area contributed by atoms with Gasteiger partial charge >= 0.3 is 5.97 Å². The Hall–Kier alpha value is -2.18. The minimum atomic E-state index is -0.794. The van der Waals surface area contributed by atoms with Gasteiger partial charge in [-0.1, -0.05) is 256 Å². The molecule has 0 fully saturated rings. The van der Waals surface area contributed by atoms with Gasteiger partial charge in [-0.2, -0.15) is 0 Å². The maximum atomic E-state index is 13.3. The quantitative estimate of drug-likeness (QED) is 0.0321. The molecule has 0 aromatic heterocycles. The molecule has 68 heavy (non-hydrogen) atoms. The molecule has 0 aliphatic heterocycles. The molecule has 0 spiro atoms. The summed E-state index contributed by atoms with van der Waals surface area (Å²) in [5.74, 6) is -0.491. The molecule has 0 aromatic rings. The first-order valence-electron chi connectivity index (χ1n) is 29.9. The topological polar surface area (TPSA) is 95.9 Å². The lowest BCUT2D eigenvalue weighted by atomic mass is 10.0. The molecular weight excluding hydrogens is 839 g/mol. The number of nitrogens with one attached hydrogen (secondary N) is 1. The van der Waals surface area contributed by atoms with Gasteiger partial charge in [0, 0.05) is 6.42 Å². The average molecular weight is 955 g/mol. The SMILES string of the molecule is CCCCC/C=C\C/C=C\C/C=C\CCCCCCCCC(=O)OC(CCCCC/C=C/CCCCCCCCCCC)CC(=O)NC(CO)C(O)CCCCCCCCCCCCCCCC. The molecule has 0 aliphatic rings. The average Bonchev–Trinajstić information content (AvgIpc) is 3.33. The van der Waals surface area contributed by atoms with Crippen molar-refractivity contribution in [3.05, 3.63) is 48.6 Å². The summed E-state index contributed by atoms with van der Waals surface area (Å²) in [4.78, 5) is 26.3. The monoisotopic (exact) mass is 954 g/mol. The molecule has 0 rings (SSSR count). The van der Waals surface area contributed by atoms with Gasteiger partial charge in [0.1, 0.15) is 6.10 Å². The van der Waals surface area contributed by atoms with Crippen LogP contribution in [0.2, 0.25) is 0 Å². The second-order valence-corrected chi connectivity index (χ2v) is 20.4. The molecule has 6 nitrogen and oxygen atoms in total. The van der Waals surface area contributed by atoms with E-state index >= 15 is 0 Å². The lowest BCUT2D eigenvalue weighted by Crippen LogP contribution is -2.46. The number of hydrogen-bond acceptors (Lipinski definition) is 5. The standard InChI is InChI=1S/C62H115NO5/c1-4-7-10-13-16-19-22-25-28-30-31-32-34-37-40-43-46-49-52-55-62(67)68-58(53-50-47-44-41-38-35-33-29-26-23-20-17-14-11-8-5-2)56-61(66)63-59(57-64)60(65)54-51-48-45-42-39-36-27-24-21-18-15-12-9-6-3/h16,19,25,28,31-32,35,38,58-60,64-65H,4-15,17-18,20-24,26-27,29-30,33-34,36-37,39-57H2,1-3H3,(H,63,66)/b19-16-,28-25-,32-31-,38-35+. The van der Waals surface area contributed by atoms with E-state index in [1.54, 1.807) is 0 Å². The lowest BCUT2D eigenvalue weighted by molar-refractivity contribution is -0.151. The fourth-order valence-corrected chi connectivity index (χ4v) is 9.08. The largest absolute Gasteiger partial charge is 0.462 e. The van der Waals surface area contributed by atoms with E-state index in [0.717, 1.165) is 83.5 Å². The van der Waals surface area contributed by atoms with Crippen LogP contribution in [0.4, 0.5) is 0 Å². The molecule has 6 heteroatoms. The van der Waals surface area contributed by atoms with Gasteiger partial charge in [0.05, 0.1) is 25.2 Å². The van der Waals surface area contributed by atoms with E-state index in [2.05, 4.69) is 74.7 Å². The van der Waals surface area contributed by atoms with E-state index in [-0.39, 0.29) is 24.9 Å². The Bertz CT molecular complexity index is 1160. The van der Waals surface area contributed by atoms with Gasteiger partial charge in [-0.3, -0.25) is 9.59 Å². The van der Waals surface area contributed by atoms with Gasteiger partial charge in [0.25, 0.3) is 0 Å². The first-order valence-corrected chi connectivity index (χ1v) is 29.9. The molecule has 0 radical (unpaired) electrons. The molecule has 1 amide bonds. The van der Waals surface area contributed by atoms with Gasteiger partial charge in [0.15, 0.2) is 0 Å². The zero-order valence-corrected chi connectivity index (χ0v) is 45.5. The van der Waals surface area contributed by atoms with Crippen LogP contribution in [0.25, 0.3) is 0 Å². The minimum Gasteiger partial charge on any atom is -0.462 e. The van der Waals surface area contributed by atoms with Gasteiger partial charge in [-0.05, 0) is 89.9 Å². The Kier molecular flexibility index (Phi) is 54.0. The van der Waals surface area contributed by atoms with Crippen LogP contribution in [0.5, 0.6) is 0 Å². The molecule has 3 N–H and O–H groups in total. The van der Waals surface area contributed by atoms with Crippen LogP contribution in [0.15, 0.2) is 48.6 Å². The van der Waals surface area contributed by atoms with Crippen molar-refractivity contribution in [3.63, 3.8) is 0 Å². The molecule has 3 atom stereocenters. The predicted molar refractivity (Wildman–Crippen MR) is 296 cm³/mol. The first kappa shape index (κ1) is 65.8. The first-order chi connectivity index (χ1) is 33.5. The number of aliphatic hydroxyl groups is 2. The van der Waals surface area contributed by atoms with E-state index in [4.69, 9.17) is 4.74 Å². The van der Waals surface area contributed by atoms with Crippen molar-refractivity contribution >= 4 is 11.9 Å². The van der Waals surface area contributed by atoms with Gasteiger partial charge in [-0.15, -0.1) is 0 Å². The molecule has 3 unspecified atom stereocenters. The Morgan fingerprint density at radius 1 is 0.426 bits per heavy atom. The number of carbonyl (C=O) groups is 2. The normalized spacial score (nSPS) is 13.4. The predicted octanol–water partition coefficient (Wildman–Crippen LogP) is 18.6. The third kappa shape index (κ3) is 50.2. The Morgan fingerprint density at radius 3 is 1.19 bits per heavy atom. The second kappa shape index (κ2) is 55.7. The zero-order valence-electron chi connectivity index (χ0n) is 45.5. The third-order valence-corrected chi connectivity index (χ3v) is 13.6. The van der Waals surface area contributed by atoms with E-state index in [1.165, 1.54) is 180 Å². The van der Waals surface area contributed by atoms with E-state index < -0.39 is 18.2 Å². The van der Waals surface area contributed by atoms with Crippen molar-refractivity contribution < 1.29 is 24.5 Å². The highest BCUT2D eigenvalue weighted by molar-refractivity contribution is 5.77. The van der Waals surface area contributed by atoms with Crippen LogP contribution in [-0.2, 0) is 14.3 Å². The highest BCUT2D eigenvalue weighted by Gasteiger charge is 2.24. The van der Waals surface area contributed by atoms with E-state index in [9.17, 15) is 19.8 Å². The highest BCUT2D eigenvalue weighted by atomic mass is 16.5. The maximum absolute atomic E-state index is 13.3. The zero-order chi connectivity index (χ0) is 49.5. The van der Waals surface area contributed by atoms with E-state index in [1.807, 2.05) is 0 Å². The van der Waals surface area contributed by atoms with E-state index in [0.29, 0.717) is 19.3 Å². The Balaban J connectivity index is 4.58. The lowest BCUT2D eigenvalue weighted by Gasteiger charge is -2.24. The molecule has 0 heterocycles. The van der Waals surface area contributed by atoms with Crippen molar-refractivity contribution in [1.29, 1.82) is 0 Å². The van der Waals surface area contributed by atoms with Crippen LogP contribution < -0.4 is 5.32 Å². The summed E-state index contributed by atoms with van der Waals surface area (Å²) in [6.45, 7) is 6.48. The van der Waals surface area contributed by atoms with Gasteiger partial charge in [0.2, 0.25) is 5.91 Å². The van der Waals surface area contributed by atoms with Gasteiger partial charge in [-0.25, -0.2) is 0 Å². The van der Waals surface area contributed by atoms with Crippen molar-refractivity contribution in [3.8, 4) is 0 Å². The number of unbranched alkanes of at least 4 members (excludes halogenated alkanes) is 34. The van der Waals surface area contributed by atoms with Crippen molar-refractivity contribution in [2.45, 2.75) is 328 Å². The Labute approximate surface area is 423 Å². The molecule has 0 bridgehead atoms. The fraction of sp³-hybridized carbons (Fsp3) is 0.839. The smallest absolute Gasteiger partial charge is 0.306 e. The van der Waals surface area contributed by atoms with Crippen molar-refractivity contribution in [2.75, 3.05) is 6.61 Å². The summed E-state index contributed by atoms with van der Waals surface area (Å²) >= 11 is 0. The molecule has 0 aromatic carbocycles. The summed E-state index contributed by atoms with van der Waals surface area (Å²) < 4.78 is 5.96. The summed E-state index contributed by atoms with van der Waals surface area (Å²) in [6.07, 6.45) is 68.9. The summed E-state index contributed by atoms with van der Waals surface area (Å²) in [5.41, 5.74) is 0. The van der Waals surface area contributed by atoms with Crippen molar-refractivity contribution in [2.24, 2.45) is 0 Å². The van der Waals surface area contributed by atoms with Crippen molar-refractivity contribution in [1.82, 2.24) is 5.32 Å². The number of rotatable bonds is 54. The molecule has 0 saturated carbocycles. The number of aliphatic hydroxyl groups excluding tert-OH is 2. The number of carbonyl (C=O) groups excluding carboxylic acids is 2. The highest BCUT2D eigenvalue weighted by Crippen LogP contribution is 2.18. The van der Waals surface area contributed by atoms with Crippen LogP contribution >= 0.6 is 0 Å². The molecule has 398 valence electrons. The number of esters is 1. The minimum absolute atomic E-state index is 0.0632. The maximum Gasteiger partial charge on any atom is 0.306 e. The van der Waals surface area contributed by atoms with Crippen LogP contribution in [-0.4, -0.2) is 46.9 Å². The molecule has 0 saturated heterocycles. The number of amides is 1. The molecular formula is C62H115NO5. The van der Waals surface area contributed by atoms with Gasteiger partial charge < -0.3 is 20.3 Å². The number of ether oxygens (including phenoxy) is 1. The number of hydrogen-bond donors (Lipinski definition) is 3.